The molecule has 0 atom stereocenters. The Morgan fingerprint density at radius 2 is 1.21 bits per heavy atom. The highest BCUT2D eigenvalue weighted by molar-refractivity contribution is 8.18. The van der Waals surface area contributed by atoms with E-state index in [-0.39, 0.29) is 58.4 Å². The average Bonchev–Trinajstić information content (AvgIpc) is 2.91. The summed E-state index contributed by atoms with van der Waals surface area (Å²) in [5.74, 6) is -2.44. The van der Waals surface area contributed by atoms with E-state index in [2.05, 4.69) is 10.6 Å². The zero-order valence-electron chi connectivity index (χ0n) is 23.4. The van der Waals surface area contributed by atoms with Gasteiger partial charge in [-0.25, -0.2) is 18.4 Å². The number of ether oxygens (including phenoxy) is 2. The van der Waals surface area contributed by atoms with E-state index in [1.165, 1.54) is 13.8 Å². The van der Waals surface area contributed by atoms with Gasteiger partial charge in [-0.2, -0.15) is 4.31 Å². The number of halogens is 5. The number of ketones is 1. The lowest BCUT2D eigenvalue weighted by Gasteiger charge is -2.34. The molecule has 2 aliphatic rings. The van der Waals surface area contributed by atoms with Crippen LogP contribution in [0.1, 0.15) is 58.1 Å². The molecule has 0 bridgehead atoms. The molecule has 2 aromatic carbocycles. The Labute approximate surface area is 251 Å². The Morgan fingerprint density at radius 1 is 0.814 bits per heavy atom. The molecule has 0 aromatic heterocycles. The summed E-state index contributed by atoms with van der Waals surface area (Å²) in [5.41, 5.74) is 1.81. The highest BCUT2D eigenvalue weighted by Gasteiger charge is 2.46. The third-order valence-corrected chi connectivity index (χ3v) is 7.21. The number of hydrogen-bond acceptors (Lipinski definition) is 6. The topological polar surface area (TPSA) is 97.0 Å². The van der Waals surface area contributed by atoms with Gasteiger partial charge in [0.25, 0.3) is 17.3 Å². The molecular weight excluding hydrogens is 597 g/mol. The lowest BCUT2D eigenvalue weighted by atomic mass is 9.88. The van der Waals surface area contributed by atoms with Crippen molar-refractivity contribution in [3.8, 4) is 0 Å². The van der Waals surface area contributed by atoms with Gasteiger partial charge in [0.15, 0.2) is 0 Å². The van der Waals surface area contributed by atoms with Crippen LogP contribution in [-0.2, 0) is 27.5 Å². The Hall–Kier alpha value is -3.39. The Kier molecular flexibility index (Phi) is 16.0. The summed E-state index contributed by atoms with van der Waals surface area (Å²) in [7, 11) is 0. The number of nitrogens with zero attached hydrogens (tertiary/aromatic N) is 1. The second-order valence-corrected chi connectivity index (χ2v) is 10.8. The van der Waals surface area contributed by atoms with Crippen molar-refractivity contribution in [3.05, 3.63) is 71.8 Å². The van der Waals surface area contributed by atoms with Gasteiger partial charge in [-0.1, -0.05) is 81.9 Å². The summed E-state index contributed by atoms with van der Waals surface area (Å²) in [5, 5.41) is 5.04. The number of alkyl halides is 2. The van der Waals surface area contributed by atoms with Crippen molar-refractivity contribution in [2.45, 2.75) is 78.2 Å². The molecule has 0 radical (unpaired) electrons. The number of carbonyl (C=O) groups is 3. The fourth-order valence-corrected chi connectivity index (χ4v) is 4.32. The fourth-order valence-electron chi connectivity index (χ4n) is 3.73. The number of rotatable bonds is 9. The molecule has 2 aromatic rings. The molecule has 2 amide bonds. The molecule has 0 spiro atoms. The first-order chi connectivity index (χ1) is 19.8. The number of carbonyl (C=O) groups excluding carboxylic acids is 3. The predicted octanol–water partition coefficient (Wildman–Crippen LogP) is 7.69. The quantitative estimate of drug-likeness (QED) is 0.274. The summed E-state index contributed by atoms with van der Waals surface area (Å²) in [6.07, 6.45) is -0.836. The molecule has 0 unspecified atom stereocenters. The number of hydrogen-bond donors (Lipinski definition) is 2. The minimum Gasteiger partial charge on any atom is -0.445 e. The zero-order chi connectivity index (χ0) is 31.2. The normalized spacial score (nSPS) is 16.0. The van der Waals surface area contributed by atoms with Crippen molar-refractivity contribution >= 4 is 29.3 Å². The maximum atomic E-state index is 12.5. The second kappa shape index (κ2) is 18.3. The van der Waals surface area contributed by atoms with E-state index in [1.54, 1.807) is 0 Å². The van der Waals surface area contributed by atoms with E-state index in [9.17, 15) is 34.8 Å². The van der Waals surface area contributed by atoms with E-state index in [1.807, 2.05) is 60.7 Å². The van der Waals surface area contributed by atoms with Crippen LogP contribution in [0.4, 0.5) is 30.0 Å². The molecule has 0 saturated heterocycles. The summed E-state index contributed by atoms with van der Waals surface area (Å²) in [6, 6.07) is 18.2. The van der Waals surface area contributed by atoms with E-state index < -0.39 is 35.5 Å². The number of nitrogens with one attached hydrogen (secondary N) is 2. The van der Waals surface area contributed by atoms with E-state index in [4.69, 9.17) is 9.47 Å². The number of Topliss-reactive ketones (excluding diaryl/α,β-unsaturated/α-hetero) is 1. The highest BCUT2D eigenvalue weighted by Crippen LogP contribution is 2.56. The molecule has 242 valence electrons. The van der Waals surface area contributed by atoms with Gasteiger partial charge in [-0.3, -0.25) is 4.79 Å². The predicted molar refractivity (Wildman–Crippen MR) is 156 cm³/mol. The third kappa shape index (κ3) is 15.1. The lowest BCUT2D eigenvalue weighted by molar-refractivity contribution is -0.125. The molecule has 0 heterocycles. The maximum Gasteiger partial charge on any atom is 0.407 e. The van der Waals surface area contributed by atoms with Crippen molar-refractivity contribution in [1.29, 1.82) is 0 Å². The van der Waals surface area contributed by atoms with Gasteiger partial charge in [0, 0.05) is 50.9 Å². The van der Waals surface area contributed by atoms with Crippen molar-refractivity contribution < 1.29 is 44.3 Å². The molecule has 2 N–H and O–H groups in total. The van der Waals surface area contributed by atoms with Crippen molar-refractivity contribution in [2.24, 2.45) is 0 Å². The van der Waals surface area contributed by atoms with E-state index in [0.717, 1.165) is 11.1 Å². The SMILES string of the molecule is C.CCN(CC)S(F)(F)F.O=C(NC1CC(F)(F)C1)OCc1ccccc1.O=C1CC(NC(=O)OCc2ccccc2)C1. The monoisotopic (exact) mass is 637 g/mol. The van der Waals surface area contributed by atoms with E-state index in [0.29, 0.717) is 17.1 Å². The first-order valence-electron chi connectivity index (χ1n) is 13.3. The molecular formula is C29H40F5N3O5S. The highest BCUT2D eigenvalue weighted by atomic mass is 32.3. The van der Waals surface area contributed by atoms with Crippen LogP contribution in [0.25, 0.3) is 0 Å². The first-order valence-corrected chi connectivity index (χ1v) is 14.6. The van der Waals surface area contributed by atoms with Gasteiger partial charge in [0.1, 0.15) is 19.0 Å². The van der Waals surface area contributed by atoms with Crippen LogP contribution in [0.2, 0.25) is 0 Å². The average molecular weight is 638 g/mol. The van der Waals surface area contributed by atoms with Crippen LogP contribution >= 0.6 is 11.4 Å². The Bertz CT molecular complexity index is 1110. The molecule has 0 aliphatic heterocycles. The summed E-state index contributed by atoms with van der Waals surface area (Å²) in [4.78, 5) is 33.2. The molecule has 2 saturated carbocycles. The van der Waals surface area contributed by atoms with Gasteiger partial charge in [-0.15, -0.1) is 11.7 Å². The Morgan fingerprint density at radius 3 is 1.51 bits per heavy atom. The van der Waals surface area contributed by atoms with Crippen LogP contribution in [0, 0.1) is 0 Å². The second-order valence-electron chi connectivity index (χ2n) is 9.51. The van der Waals surface area contributed by atoms with Crippen molar-refractivity contribution in [1.82, 2.24) is 14.9 Å². The molecule has 2 fully saturated rings. The zero-order valence-corrected chi connectivity index (χ0v) is 24.2. The van der Waals surface area contributed by atoms with Gasteiger partial charge in [0.2, 0.25) is 0 Å². The standard InChI is InChI=1S/C12H13F2NO2.C12H13NO3.C4H10F3NS.CH4/c13-12(14)6-10(7-12)15-11(16)17-8-9-4-2-1-3-5-9;14-11-6-10(7-11)13-12(15)16-8-9-4-2-1-3-5-9;1-3-8(4-2)9(5,6)7;/h1-5,10H,6-8H2,(H,15,16);1-5,10H,6-8H2,(H,13,15);3-4H2,1-2H3;1H4. The van der Waals surface area contributed by atoms with Gasteiger partial charge < -0.3 is 20.1 Å². The Balaban J connectivity index is 0.000000335. The minimum absolute atomic E-state index is 0. The van der Waals surface area contributed by atoms with Crippen LogP contribution in [0.15, 0.2) is 60.7 Å². The number of alkyl carbamates (subject to hydrolysis) is 2. The van der Waals surface area contributed by atoms with Crippen molar-refractivity contribution in [2.75, 3.05) is 13.1 Å². The van der Waals surface area contributed by atoms with Crippen molar-refractivity contribution in [3.63, 3.8) is 0 Å². The summed E-state index contributed by atoms with van der Waals surface area (Å²) < 4.78 is 70.6. The maximum absolute atomic E-state index is 12.5. The van der Waals surface area contributed by atoms with Crippen LogP contribution in [-0.4, -0.2) is 53.4 Å². The van der Waals surface area contributed by atoms with Crippen LogP contribution in [0.5, 0.6) is 0 Å². The van der Waals surface area contributed by atoms with Gasteiger partial charge >= 0.3 is 12.2 Å². The lowest BCUT2D eigenvalue weighted by Crippen LogP contribution is -2.50. The third-order valence-electron chi connectivity index (χ3n) is 6.11. The van der Waals surface area contributed by atoms with Gasteiger partial charge in [0.05, 0.1) is 0 Å². The molecule has 14 heteroatoms. The molecule has 8 nitrogen and oxygen atoms in total. The fraction of sp³-hybridized carbons (Fsp3) is 0.483. The van der Waals surface area contributed by atoms with E-state index >= 15 is 0 Å². The van der Waals surface area contributed by atoms with Gasteiger partial charge in [-0.05, 0) is 11.1 Å². The summed E-state index contributed by atoms with van der Waals surface area (Å²) in [6.45, 7) is 3.54. The summed E-state index contributed by atoms with van der Waals surface area (Å²) >= 11 is -4.93. The largest absolute Gasteiger partial charge is 0.445 e. The number of amides is 2. The molecule has 43 heavy (non-hydrogen) atoms. The van der Waals surface area contributed by atoms with Crippen LogP contribution < -0.4 is 10.6 Å². The molecule has 4 rings (SSSR count). The van der Waals surface area contributed by atoms with Crippen LogP contribution in [0.3, 0.4) is 0 Å². The number of benzene rings is 2. The first kappa shape index (κ1) is 37.6. The molecule has 2 aliphatic carbocycles. The minimum atomic E-state index is -4.93. The smallest absolute Gasteiger partial charge is 0.407 e.